The number of fused-ring (bicyclic) bond motifs is 3. The maximum absolute atomic E-state index is 5.08. The maximum Gasteiger partial charge on any atom is 0.167 e. The van der Waals surface area contributed by atoms with Gasteiger partial charge in [-0.2, -0.15) is 0 Å². The third kappa shape index (κ3) is 3.83. The van der Waals surface area contributed by atoms with E-state index in [9.17, 15) is 0 Å². The largest absolute Gasteiger partial charge is 0.293 e. The molecule has 10 rings (SSSR count). The molecule has 0 spiro atoms. The number of benzene rings is 6. The van der Waals surface area contributed by atoms with Crippen LogP contribution in [0.5, 0.6) is 0 Å². The van der Waals surface area contributed by atoms with E-state index in [0.717, 1.165) is 33.5 Å². The van der Waals surface area contributed by atoms with E-state index in [4.69, 9.17) is 19.9 Å². The Labute approximate surface area is 270 Å². The number of pyridine rings is 1. The molecule has 1 aliphatic rings. The van der Waals surface area contributed by atoms with Crippen molar-refractivity contribution in [3.05, 3.63) is 152 Å². The summed E-state index contributed by atoms with van der Waals surface area (Å²) in [5.41, 5.74) is 9.85. The lowest BCUT2D eigenvalue weighted by Gasteiger charge is -2.15. The van der Waals surface area contributed by atoms with Crippen LogP contribution in [0.2, 0.25) is 0 Å². The third-order valence-corrected chi connectivity index (χ3v) is 9.24. The Hall–Kier alpha value is -6.46. The van der Waals surface area contributed by atoms with Gasteiger partial charge in [0.2, 0.25) is 0 Å². The Kier molecular flexibility index (Phi) is 5.51. The molecule has 1 aliphatic carbocycles. The van der Waals surface area contributed by atoms with Crippen molar-refractivity contribution < 1.29 is 0 Å². The van der Waals surface area contributed by atoms with E-state index in [0.29, 0.717) is 17.5 Å². The number of rotatable bonds is 4. The van der Waals surface area contributed by atoms with Crippen LogP contribution in [0.1, 0.15) is 0 Å². The van der Waals surface area contributed by atoms with Gasteiger partial charge in [-0.1, -0.05) is 121 Å². The zero-order chi connectivity index (χ0) is 30.9. The molecule has 5 nitrogen and oxygen atoms in total. The minimum Gasteiger partial charge on any atom is -0.293 e. The standard InChI is InChI=1S/C42H25N5/c1-3-12-27(13-4-1)39-44-40(28-14-5-2-6-15-28)46-41(45-39)33-21-11-25-43-42(33)47-34-22-10-20-32-30-18-8-7-17-29(30)31-19-9-16-26-23-24-35(47)38(36(26)31)37(32)34/h1-25H. The Morgan fingerprint density at radius 3 is 1.62 bits per heavy atom. The Bertz CT molecular complexity index is 2620. The second-order valence-electron chi connectivity index (χ2n) is 11.9. The smallest absolute Gasteiger partial charge is 0.167 e. The van der Waals surface area contributed by atoms with E-state index in [1.54, 1.807) is 0 Å². The van der Waals surface area contributed by atoms with Crippen molar-refractivity contribution in [3.8, 4) is 62.2 Å². The summed E-state index contributed by atoms with van der Waals surface area (Å²) in [6.45, 7) is 0. The third-order valence-electron chi connectivity index (χ3n) is 9.24. The first-order valence-electron chi connectivity index (χ1n) is 15.7. The zero-order valence-corrected chi connectivity index (χ0v) is 25.2. The Morgan fingerprint density at radius 2 is 0.915 bits per heavy atom. The second-order valence-corrected chi connectivity index (χ2v) is 11.9. The summed E-state index contributed by atoms with van der Waals surface area (Å²) in [5.74, 6) is 2.59. The molecule has 47 heavy (non-hydrogen) atoms. The predicted molar refractivity (Wildman–Crippen MR) is 190 cm³/mol. The van der Waals surface area contributed by atoms with Gasteiger partial charge in [-0.3, -0.25) is 4.57 Å². The molecule has 3 aromatic heterocycles. The van der Waals surface area contributed by atoms with E-state index in [2.05, 4.69) is 83.4 Å². The number of hydrogen-bond donors (Lipinski definition) is 0. The molecular formula is C42H25N5. The fourth-order valence-corrected chi connectivity index (χ4v) is 7.24. The van der Waals surface area contributed by atoms with Crippen LogP contribution in [0.4, 0.5) is 0 Å². The van der Waals surface area contributed by atoms with E-state index in [-0.39, 0.29) is 0 Å². The summed E-state index contributed by atoms with van der Waals surface area (Å²) in [5, 5.41) is 4.95. The fraction of sp³-hybridized carbons (Fsp3) is 0. The van der Waals surface area contributed by atoms with Crippen LogP contribution in [-0.4, -0.2) is 24.5 Å². The lowest BCUT2D eigenvalue weighted by atomic mass is 9.93. The first-order chi connectivity index (χ1) is 23.3. The van der Waals surface area contributed by atoms with Gasteiger partial charge in [0.05, 0.1) is 16.6 Å². The molecule has 0 N–H and O–H groups in total. The van der Waals surface area contributed by atoms with Gasteiger partial charge in [-0.15, -0.1) is 0 Å². The Balaban J connectivity index is 1.31. The normalized spacial score (nSPS) is 11.8. The van der Waals surface area contributed by atoms with Crippen molar-refractivity contribution in [2.45, 2.75) is 0 Å². The maximum atomic E-state index is 5.08. The fourth-order valence-electron chi connectivity index (χ4n) is 7.24. The topological polar surface area (TPSA) is 56.5 Å². The minimum absolute atomic E-state index is 0.575. The van der Waals surface area contributed by atoms with Gasteiger partial charge in [0.15, 0.2) is 17.5 Å². The van der Waals surface area contributed by atoms with Crippen LogP contribution in [0, 0.1) is 0 Å². The van der Waals surface area contributed by atoms with Crippen LogP contribution in [-0.2, 0) is 0 Å². The van der Waals surface area contributed by atoms with E-state index in [1.807, 2.05) is 72.9 Å². The highest BCUT2D eigenvalue weighted by atomic mass is 15.1. The first-order valence-corrected chi connectivity index (χ1v) is 15.7. The summed E-state index contributed by atoms with van der Waals surface area (Å²) < 4.78 is 2.29. The molecule has 0 amide bonds. The second kappa shape index (κ2) is 10.0. The average molecular weight is 600 g/mol. The number of hydrogen-bond acceptors (Lipinski definition) is 4. The first kappa shape index (κ1) is 25.8. The highest BCUT2D eigenvalue weighted by Crippen LogP contribution is 2.49. The molecule has 0 unspecified atom stereocenters. The Morgan fingerprint density at radius 1 is 0.362 bits per heavy atom. The van der Waals surface area contributed by atoms with Crippen molar-refractivity contribution >= 4 is 32.6 Å². The highest BCUT2D eigenvalue weighted by Gasteiger charge is 2.26. The molecule has 5 heteroatoms. The van der Waals surface area contributed by atoms with Gasteiger partial charge in [-0.25, -0.2) is 19.9 Å². The van der Waals surface area contributed by atoms with Crippen molar-refractivity contribution in [1.29, 1.82) is 0 Å². The molecule has 3 heterocycles. The lowest BCUT2D eigenvalue weighted by Crippen LogP contribution is -2.05. The van der Waals surface area contributed by atoms with E-state index in [1.165, 1.54) is 43.8 Å². The molecule has 0 saturated heterocycles. The van der Waals surface area contributed by atoms with Crippen molar-refractivity contribution in [1.82, 2.24) is 24.5 Å². The van der Waals surface area contributed by atoms with Crippen LogP contribution in [0.15, 0.2) is 152 Å². The molecule has 0 atom stereocenters. The highest BCUT2D eigenvalue weighted by molar-refractivity contribution is 6.30. The van der Waals surface area contributed by atoms with Crippen LogP contribution >= 0.6 is 0 Å². The molecule has 0 radical (unpaired) electrons. The van der Waals surface area contributed by atoms with Crippen LogP contribution in [0.3, 0.4) is 0 Å². The predicted octanol–water partition coefficient (Wildman–Crippen LogP) is 10.2. The molecular weight excluding hydrogens is 574 g/mol. The monoisotopic (exact) mass is 599 g/mol. The minimum atomic E-state index is 0.575. The SMILES string of the molecule is c1ccc(-c2nc(-c3ccccc3)nc(-c3cccnc3-n3c4cccc5c4c4c6c(cccc6ccc43)-c3ccccc3-5)n2)cc1. The van der Waals surface area contributed by atoms with Crippen LogP contribution < -0.4 is 0 Å². The quantitative estimate of drug-likeness (QED) is 0.202. The van der Waals surface area contributed by atoms with E-state index < -0.39 is 0 Å². The summed E-state index contributed by atoms with van der Waals surface area (Å²) in [6.07, 6.45) is 1.85. The van der Waals surface area contributed by atoms with E-state index >= 15 is 0 Å². The molecule has 218 valence electrons. The summed E-state index contributed by atoms with van der Waals surface area (Å²) in [4.78, 5) is 20.1. The molecule has 0 aliphatic heterocycles. The average Bonchev–Trinajstić information content (AvgIpc) is 3.43. The van der Waals surface area contributed by atoms with Crippen LogP contribution in [0.25, 0.3) is 94.8 Å². The lowest BCUT2D eigenvalue weighted by molar-refractivity contribution is 1.04. The van der Waals surface area contributed by atoms with Gasteiger partial charge in [-0.05, 0) is 57.3 Å². The van der Waals surface area contributed by atoms with Gasteiger partial charge in [0.25, 0.3) is 0 Å². The van der Waals surface area contributed by atoms with Gasteiger partial charge in [0.1, 0.15) is 5.82 Å². The number of nitrogens with zero attached hydrogens (tertiary/aromatic N) is 5. The van der Waals surface area contributed by atoms with Gasteiger partial charge in [0, 0.05) is 28.1 Å². The molecule has 0 bridgehead atoms. The molecule has 6 aromatic carbocycles. The molecule has 0 fully saturated rings. The molecule has 0 saturated carbocycles. The van der Waals surface area contributed by atoms with Crippen molar-refractivity contribution in [3.63, 3.8) is 0 Å². The zero-order valence-electron chi connectivity index (χ0n) is 25.2. The summed E-state index contributed by atoms with van der Waals surface area (Å²) in [7, 11) is 0. The van der Waals surface area contributed by atoms with Crippen molar-refractivity contribution in [2.24, 2.45) is 0 Å². The number of aromatic nitrogens is 5. The van der Waals surface area contributed by atoms with Gasteiger partial charge < -0.3 is 0 Å². The van der Waals surface area contributed by atoms with Gasteiger partial charge >= 0.3 is 0 Å². The van der Waals surface area contributed by atoms with Crippen molar-refractivity contribution in [2.75, 3.05) is 0 Å². The summed E-state index contributed by atoms with van der Waals surface area (Å²) in [6, 6.07) is 50.6. The summed E-state index contributed by atoms with van der Waals surface area (Å²) >= 11 is 0. The molecule has 9 aromatic rings.